The fraction of sp³-hybridized carbons (Fsp3) is 0.300. The molecule has 8 N–H and O–H groups in total. The van der Waals surface area contributed by atoms with Crippen molar-refractivity contribution in [1.29, 1.82) is 0 Å². The summed E-state index contributed by atoms with van der Waals surface area (Å²) in [6.07, 6.45) is 1.98. The molecule has 0 aliphatic carbocycles. The van der Waals surface area contributed by atoms with Gasteiger partial charge in [-0.1, -0.05) is 12.1 Å². The number of nitrogens with zero attached hydrogens (tertiary/aromatic N) is 1. The Morgan fingerprint density at radius 3 is 2.04 bits per heavy atom. The molecule has 0 fully saturated rings. The zero-order valence-electron chi connectivity index (χ0n) is 16.1. The van der Waals surface area contributed by atoms with E-state index in [1.165, 1.54) is 0 Å². The van der Waals surface area contributed by atoms with Gasteiger partial charge in [0.1, 0.15) is 0 Å². The number of unbranched alkanes of at least 4 members (excludes halogenated alkanes) is 1. The molecule has 0 saturated carbocycles. The van der Waals surface area contributed by atoms with Gasteiger partial charge in [0.15, 0.2) is 0 Å². The number of nitrogen functional groups attached to an aromatic ring is 2. The van der Waals surface area contributed by atoms with Crippen LogP contribution in [-0.4, -0.2) is 29.8 Å². The van der Waals surface area contributed by atoms with Crippen LogP contribution in [0.2, 0.25) is 0 Å². The normalized spacial score (nSPS) is 10.4. The summed E-state index contributed by atoms with van der Waals surface area (Å²) in [5.41, 5.74) is 18.0. The summed E-state index contributed by atoms with van der Waals surface area (Å²) in [7, 11) is 0. The van der Waals surface area contributed by atoms with Crippen molar-refractivity contribution in [2.45, 2.75) is 19.8 Å². The second-order valence-corrected chi connectivity index (χ2v) is 6.34. The summed E-state index contributed by atoms with van der Waals surface area (Å²) in [4.78, 5) is 25.6. The van der Waals surface area contributed by atoms with E-state index in [2.05, 4.69) is 22.0 Å². The van der Waals surface area contributed by atoms with Gasteiger partial charge in [0, 0.05) is 18.8 Å². The summed E-state index contributed by atoms with van der Waals surface area (Å²) in [6.45, 7) is 4.48. The number of rotatable bonds is 6. The topological polar surface area (TPSA) is 147 Å². The van der Waals surface area contributed by atoms with Gasteiger partial charge < -0.3 is 22.1 Å². The lowest BCUT2D eigenvalue weighted by Gasteiger charge is -2.23. The number of nitrogens with one attached hydrogen (secondary N) is 2. The standard InChI is InChI=1S/C14H20N4O2.C6H8N2/c1-2-18(8-4-3-7-15)10-5-6-11-12(9-10)14(20)17-16-13(11)19;7-5-3-1-2-4-6(5)8/h5-6,9H,2-4,7-8,15H2,1H3,(H,16,19)(H,17,20);1-4H,7-8H2. The minimum Gasteiger partial charge on any atom is -0.397 e. The molecule has 8 nitrogen and oxygen atoms in total. The average Bonchev–Trinajstić information content (AvgIpc) is 2.71. The quantitative estimate of drug-likeness (QED) is 0.322. The summed E-state index contributed by atoms with van der Waals surface area (Å²) in [5, 5.41) is 5.51. The summed E-state index contributed by atoms with van der Waals surface area (Å²) in [5.74, 6) is 0. The van der Waals surface area contributed by atoms with Gasteiger partial charge in [-0.05, 0) is 56.6 Å². The van der Waals surface area contributed by atoms with Crippen LogP contribution in [-0.2, 0) is 0 Å². The van der Waals surface area contributed by atoms with Crippen molar-refractivity contribution >= 4 is 27.8 Å². The highest BCUT2D eigenvalue weighted by molar-refractivity contribution is 5.84. The number of para-hydroxylation sites is 2. The molecule has 0 radical (unpaired) electrons. The van der Waals surface area contributed by atoms with Crippen molar-refractivity contribution in [3.8, 4) is 0 Å². The highest BCUT2D eigenvalue weighted by Gasteiger charge is 2.08. The zero-order chi connectivity index (χ0) is 20.5. The van der Waals surface area contributed by atoms with E-state index in [0.717, 1.165) is 31.6 Å². The van der Waals surface area contributed by atoms with Gasteiger partial charge in [-0.2, -0.15) is 0 Å². The highest BCUT2D eigenvalue weighted by Crippen LogP contribution is 2.18. The first-order valence-corrected chi connectivity index (χ1v) is 9.27. The molecule has 150 valence electrons. The van der Waals surface area contributed by atoms with E-state index in [9.17, 15) is 9.59 Å². The summed E-state index contributed by atoms with van der Waals surface area (Å²) >= 11 is 0. The number of hydrogen-bond donors (Lipinski definition) is 5. The van der Waals surface area contributed by atoms with E-state index in [4.69, 9.17) is 17.2 Å². The molecule has 2 aromatic carbocycles. The number of aromatic amines is 2. The molecule has 28 heavy (non-hydrogen) atoms. The first-order chi connectivity index (χ1) is 13.5. The summed E-state index contributed by atoms with van der Waals surface area (Å²) < 4.78 is 0. The highest BCUT2D eigenvalue weighted by atomic mass is 16.1. The van der Waals surface area contributed by atoms with E-state index in [1.807, 2.05) is 18.2 Å². The van der Waals surface area contributed by atoms with Gasteiger partial charge in [0.05, 0.1) is 22.1 Å². The molecule has 0 saturated heterocycles. The fourth-order valence-electron chi connectivity index (χ4n) is 2.79. The Labute approximate surface area is 163 Å². The van der Waals surface area contributed by atoms with E-state index >= 15 is 0 Å². The Hall–Kier alpha value is -3.26. The van der Waals surface area contributed by atoms with E-state index in [1.54, 1.807) is 24.3 Å². The predicted octanol–water partition coefficient (Wildman–Crippen LogP) is 1.63. The van der Waals surface area contributed by atoms with Gasteiger partial charge in [0.2, 0.25) is 0 Å². The Bertz CT molecular complexity index is 990. The lowest BCUT2D eigenvalue weighted by Crippen LogP contribution is -2.25. The molecular weight excluding hydrogens is 356 g/mol. The minimum absolute atomic E-state index is 0.278. The first kappa shape index (κ1) is 21.0. The van der Waals surface area contributed by atoms with E-state index in [0.29, 0.717) is 28.7 Å². The molecule has 0 amide bonds. The van der Waals surface area contributed by atoms with Crippen LogP contribution in [0.3, 0.4) is 0 Å². The number of aromatic nitrogens is 2. The van der Waals surface area contributed by atoms with Crippen LogP contribution in [0, 0.1) is 0 Å². The lowest BCUT2D eigenvalue weighted by atomic mass is 10.1. The van der Waals surface area contributed by atoms with Crippen LogP contribution in [0.15, 0.2) is 52.1 Å². The Morgan fingerprint density at radius 2 is 1.50 bits per heavy atom. The second kappa shape index (κ2) is 10.2. The Morgan fingerprint density at radius 1 is 0.893 bits per heavy atom. The van der Waals surface area contributed by atoms with Crippen LogP contribution in [0.5, 0.6) is 0 Å². The molecule has 0 bridgehead atoms. The van der Waals surface area contributed by atoms with Crippen LogP contribution in [0.4, 0.5) is 17.1 Å². The predicted molar refractivity (Wildman–Crippen MR) is 117 cm³/mol. The maximum Gasteiger partial charge on any atom is 0.270 e. The maximum absolute atomic E-state index is 11.8. The summed E-state index contributed by atoms with van der Waals surface area (Å²) in [6, 6.07) is 12.6. The number of fused-ring (bicyclic) bond motifs is 1. The molecule has 0 atom stereocenters. The molecule has 0 aliphatic heterocycles. The molecular formula is C20H28N6O2. The molecule has 3 rings (SSSR count). The maximum atomic E-state index is 11.8. The van der Waals surface area contributed by atoms with Gasteiger partial charge in [-0.25, -0.2) is 0 Å². The Balaban J connectivity index is 0.000000292. The third kappa shape index (κ3) is 5.37. The third-order valence-corrected chi connectivity index (χ3v) is 4.41. The fourth-order valence-corrected chi connectivity index (χ4v) is 2.79. The molecule has 0 aliphatic rings. The SMILES string of the molecule is CCN(CCCCN)c1ccc2c(=O)[nH][nH]c(=O)c2c1.Nc1ccccc1N. The minimum atomic E-state index is -0.280. The number of H-pyrrole nitrogens is 2. The number of benzene rings is 2. The van der Waals surface area contributed by atoms with E-state index < -0.39 is 0 Å². The smallest absolute Gasteiger partial charge is 0.270 e. The van der Waals surface area contributed by atoms with Crippen molar-refractivity contribution in [1.82, 2.24) is 10.2 Å². The molecule has 0 unspecified atom stereocenters. The second-order valence-electron chi connectivity index (χ2n) is 6.34. The van der Waals surface area contributed by atoms with Crippen LogP contribution in [0.1, 0.15) is 19.8 Å². The monoisotopic (exact) mass is 384 g/mol. The number of nitrogens with two attached hydrogens (primary N) is 3. The van der Waals surface area contributed by atoms with Gasteiger partial charge >= 0.3 is 0 Å². The number of anilines is 3. The molecule has 1 heterocycles. The zero-order valence-corrected chi connectivity index (χ0v) is 16.1. The van der Waals surface area contributed by atoms with Crippen molar-refractivity contribution in [3.05, 3.63) is 63.2 Å². The van der Waals surface area contributed by atoms with Crippen molar-refractivity contribution < 1.29 is 0 Å². The number of hydrogen-bond acceptors (Lipinski definition) is 6. The van der Waals surface area contributed by atoms with Crippen LogP contribution >= 0.6 is 0 Å². The molecule has 0 spiro atoms. The van der Waals surface area contributed by atoms with Crippen LogP contribution in [0.25, 0.3) is 10.8 Å². The molecule has 1 aromatic heterocycles. The Kier molecular flexibility index (Phi) is 7.65. The van der Waals surface area contributed by atoms with Crippen molar-refractivity contribution in [2.75, 3.05) is 36.0 Å². The van der Waals surface area contributed by atoms with Gasteiger partial charge in [0.25, 0.3) is 11.1 Å². The first-order valence-electron chi connectivity index (χ1n) is 9.27. The molecule has 3 aromatic rings. The average molecular weight is 384 g/mol. The van der Waals surface area contributed by atoms with E-state index in [-0.39, 0.29) is 11.1 Å². The van der Waals surface area contributed by atoms with Crippen LogP contribution < -0.4 is 33.2 Å². The van der Waals surface area contributed by atoms with Gasteiger partial charge in [-0.15, -0.1) is 0 Å². The van der Waals surface area contributed by atoms with Crippen molar-refractivity contribution in [3.63, 3.8) is 0 Å². The third-order valence-electron chi connectivity index (χ3n) is 4.41. The lowest BCUT2D eigenvalue weighted by molar-refractivity contribution is 0.704. The molecule has 8 heteroatoms. The van der Waals surface area contributed by atoms with Gasteiger partial charge in [-0.3, -0.25) is 19.8 Å². The largest absolute Gasteiger partial charge is 0.397 e. The van der Waals surface area contributed by atoms with Crippen molar-refractivity contribution in [2.24, 2.45) is 5.73 Å².